The highest BCUT2D eigenvalue weighted by atomic mass is 16.5. The zero-order valence-electron chi connectivity index (χ0n) is 19.7. The van der Waals surface area contributed by atoms with Gasteiger partial charge in [-0.2, -0.15) is 0 Å². The van der Waals surface area contributed by atoms with E-state index in [0.29, 0.717) is 23.7 Å². The molecule has 1 saturated carbocycles. The van der Waals surface area contributed by atoms with Crippen LogP contribution in [0.3, 0.4) is 0 Å². The number of imide groups is 1. The number of methoxy groups -OCH3 is 1. The molecule has 1 N–H and O–H groups in total. The van der Waals surface area contributed by atoms with E-state index in [1.54, 1.807) is 60.5 Å². The largest absolute Gasteiger partial charge is 0.497 e. The number of rotatable bonds is 8. The summed E-state index contributed by atoms with van der Waals surface area (Å²) in [6.45, 7) is 2.47. The Morgan fingerprint density at radius 3 is 2.24 bits per heavy atom. The van der Waals surface area contributed by atoms with Gasteiger partial charge in [0.1, 0.15) is 17.5 Å². The lowest BCUT2D eigenvalue weighted by atomic mass is 9.93. The normalized spacial score (nSPS) is 18.8. The molecule has 8 heteroatoms. The number of benzene rings is 2. The fraction of sp³-hybridized carbons (Fsp3) is 0.423. The molecule has 1 aliphatic heterocycles. The molecule has 1 aliphatic carbocycles. The van der Waals surface area contributed by atoms with Crippen molar-refractivity contribution in [1.29, 1.82) is 0 Å². The first-order valence-electron chi connectivity index (χ1n) is 11.8. The fourth-order valence-corrected chi connectivity index (χ4v) is 4.72. The van der Waals surface area contributed by atoms with E-state index < -0.39 is 6.04 Å². The van der Waals surface area contributed by atoms with Crippen LogP contribution < -0.4 is 19.7 Å². The Labute approximate surface area is 199 Å². The summed E-state index contributed by atoms with van der Waals surface area (Å²) in [4.78, 5) is 42.7. The van der Waals surface area contributed by atoms with Gasteiger partial charge in [0, 0.05) is 11.7 Å². The number of urea groups is 1. The molecular weight excluding hydrogens is 434 g/mol. The first-order valence-corrected chi connectivity index (χ1v) is 11.8. The Morgan fingerprint density at radius 2 is 1.62 bits per heavy atom. The van der Waals surface area contributed by atoms with Gasteiger partial charge in [0.25, 0.3) is 5.91 Å². The maximum Gasteiger partial charge on any atom is 0.332 e. The Bertz CT molecular complexity index is 1020. The molecule has 0 unspecified atom stereocenters. The molecule has 34 heavy (non-hydrogen) atoms. The Hall–Kier alpha value is -3.55. The number of nitrogens with one attached hydrogen (secondary N) is 1. The Balaban J connectivity index is 1.53. The second kappa shape index (κ2) is 10.6. The number of ether oxygens (including phenoxy) is 2. The van der Waals surface area contributed by atoms with Gasteiger partial charge in [-0.3, -0.25) is 9.59 Å². The maximum absolute atomic E-state index is 13.5. The molecule has 2 fully saturated rings. The van der Waals surface area contributed by atoms with Gasteiger partial charge < -0.3 is 19.7 Å². The minimum Gasteiger partial charge on any atom is -0.497 e. The number of carbonyl (C=O) groups excluding carboxylic acids is 3. The highest BCUT2D eigenvalue weighted by Crippen LogP contribution is 2.34. The molecule has 0 radical (unpaired) electrons. The summed E-state index contributed by atoms with van der Waals surface area (Å²) in [5.74, 6) is 0.671. The van der Waals surface area contributed by atoms with E-state index in [9.17, 15) is 14.4 Å². The highest BCUT2D eigenvalue weighted by Gasteiger charge is 2.49. The van der Waals surface area contributed by atoms with E-state index >= 15 is 0 Å². The summed E-state index contributed by atoms with van der Waals surface area (Å²) in [7, 11) is 1.56. The van der Waals surface area contributed by atoms with Gasteiger partial charge in [0.2, 0.25) is 5.91 Å². The van der Waals surface area contributed by atoms with Crippen LogP contribution in [0.2, 0.25) is 0 Å². The number of amides is 4. The predicted octanol–water partition coefficient (Wildman–Crippen LogP) is 4.59. The summed E-state index contributed by atoms with van der Waals surface area (Å²) in [6, 6.07) is 12.6. The molecule has 4 amide bonds. The van der Waals surface area contributed by atoms with Gasteiger partial charge in [-0.25, -0.2) is 9.69 Å². The van der Waals surface area contributed by atoms with Crippen LogP contribution in [-0.4, -0.2) is 48.5 Å². The summed E-state index contributed by atoms with van der Waals surface area (Å²) in [6.07, 6.45) is 4.73. The maximum atomic E-state index is 13.5. The van der Waals surface area contributed by atoms with E-state index in [4.69, 9.17) is 9.47 Å². The van der Waals surface area contributed by atoms with Crippen molar-refractivity contribution < 1.29 is 23.9 Å². The Kier molecular flexibility index (Phi) is 7.35. The highest BCUT2D eigenvalue weighted by molar-refractivity contribution is 6.22. The van der Waals surface area contributed by atoms with Crippen molar-refractivity contribution in [2.45, 2.75) is 57.5 Å². The molecule has 180 valence electrons. The molecule has 1 heterocycles. The van der Waals surface area contributed by atoms with E-state index in [2.05, 4.69) is 5.32 Å². The summed E-state index contributed by atoms with van der Waals surface area (Å²) >= 11 is 0. The van der Waals surface area contributed by atoms with E-state index in [-0.39, 0.29) is 30.3 Å². The first-order chi connectivity index (χ1) is 16.5. The van der Waals surface area contributed by atoms with Crippen LogP contribution in [0.4, 0.5) is 16.2 Å². The van der Waals surface area contributed by atoms with Crippen molar-refractivity contribution in [3.63, 3.8) is 0 Å². The minimum atomic E-state index is -0.833. The zero-order chi connectivity index (χ0) is 24.1. The van der Waals surface area contributed by atoms with Crippen LogP contribution in [0, 0.1) is 0 Å². The number of carbonyl (C=O) groups is 3. The van der Waals surface area contributed by atoms with Crippen LogP contribution in [0.15, 0.2) is 48.5 Å². The molecule has 2 aromatic rings. The molecule has 8 nitrogen and oxygen atoms in total. The third kappa shape index (κ3) is 5.00. The number of hydrogen-bond acceptors (Lipinski definition) is 5. The van der Waals surface area contributed by atoms with Crippen molar-refractivity contribution in [3.05, 3.63) is 48.5 Å². The monoisotopic (exact) mass is 465 g/mol. The SMILES string of the molecule is CCOc1ccc(NC(=O)C[C@H]2C(=O)N(c3ccc(OC)cc3)C(=O)N2C2CCCCC2)cc1. The lowest BCUT2D eigenvalue weighted by Gasteiger charge is -2.33. The average molecular weight is 466 g/mol. The summed E-state index contributed by atoms with van der Waals surface area (Å²) < 4.78 is 10.6. The van der Waals surface area contributed by atoms with Crippen LogP contribution in [0.5, 0.6) is 11.5 Å². The van der Waals surface area contributed by atoms with Crippen molar-refractivity contribution >= 4 is 29.2 Å². The lowest BCUT2D eigenvalue weighted by Crippen LogP contribution is -2.45. The first kappa shape index (κ1) is 23.6. The molecular formula is C26H31N3O5. The molecule has 1 atom stereocenters. The zero-order valence-corrected chi connectivity index (χ0v) is 19.7. The molecule has 0 spiro atoms. The van der Waals surface area contributed by atoms with Crippen LogP contribution in [0.25, 0.3) is 0 Å². The molecule has 2 aromatic carbocycles. The van der Waals surface area contributed by atoms with Crippen molar-refractivity contribution in [2.75, 3.05) is 23.9 Å². The molecule has 0 aromatic heterocycles. The van der Waals surface area contributed by atoms with Gasteiger partial charge in [-0.05, 0) is 68.3 Å². The standard InChI is InChI=1S/C26H31N3O5/c1-3-34-22-13-9-18(10-14-22)27-24(30)17-23-25(31)29(20-11-15-21(33-2)16-12-20)26(32)28(23)19-7-5-4-6-8-19/h9-16,19,23H,3-8,17H2,1-2H3,(H,27,30)/t23-/m0/s1. The average Bonchev–Trinajstić information content (AvgIpc) is 3.10. The molecule has 4 rings (SSSR count). The summed E-state index contributed by atoms with van der Waals surface area (Å²) in [5, 5.41) is 2.85. The number of nitrogens with zero attached hydrogens (tertiary/aromatic N) is 2. The minimum absolute atomic E-state index is 0.0447. The topological polar surface area (TPSA) is 88.2 Å². The predicted molar refractivity (Wildman–Crippen MR) is 129 cm³/mol. The van der Waals surface area contributed by atoms with Gasteiger partial charge in [-0.1, -0.05) is 19.3 Å². The third-order valence-electron chi connectivity index (χ3n) is 6.38. The van der Waals surface area contributed by atoms with Gasteiger partial charge in [-0.15, -0.1) is 0 Å². The second-order valence-electron chi connectivity index (χ2n) is 8.58. The quantitative estimate of drug-likeness (QED) is 0.576. The molecule has 1 saturated heterocycles. The molecule has 2 aliphatic rings. The van der Waals surface area contributed by atoms with Gasteiger partial charge >= 0.3 is 6.03 Å². The van der Waals surface area contributed by atoms with Crippen molar-refractivity contribution in [1.82, 2.24) is 4.90 Å². The second-order valence-corrected chi connectivity index (χ2v) is 8.58. The van der Waals surface area contributed by atoms with E-state index in [0.717, 1.165) is 37.9 Å². The summed E-state index contributed by atoms with van der Waals surface area (Å²) in [5.41, 5.74) is 1.09. The lowest BCUT2D eigenvalue weighted by molar-refractivity contribution is -0.125. The van der Waals surface area contributed by atoms with E-state index in [1.165, 1.54) is 4.90 Å². The van der Waals surface area contributed by atoms with Crippen LogP contribution >= 0.6 is 0 Å². The Morgan fingerprint density at radius 1 is 0.971 bits per heavy atom. The fourth-order valence-electron chi connectivity index (χ4n) is 4.72. The molecule has 0 bridgehead atoms. The van der Waals surface area contributed by atoms with Crippen LogP contribution in [0.1, 0.15) is 45.4 Å². The van der Waals surface area contributed by atoms with Gasteiger partial charge in [0.15, 0.2) is 0 Å². The number of anilines is 2. The van der Waals surface area contributed by atoms with Crippen molar-refractivity contribution in [2.24, 2.45) is 0 Å². The van der Waals surface area contributed by atoms with Gasteiger partial charge in [0.05, 0.1) is 25.8 Å². The van der Waals surface area contributed by atoms with E-state index in [1.807, 2.05) is 6.92 Å². The number of hydrogen-bond donors (Lipinski definition) is 1. The third-order valence-corrected chi connectivity index (χ3v) is 6.38. The smallest absolute Gasteiger partial charge is 0.332 e. The van der Waals surface area contributed by atoms with Crippen LogP contribution in [-0.2, 0) is 9.59 Å². The van der Waals surface area contributed by atoms with Crippen molar-refractivity contribution in [3.8, 4) is 11.5 Å².